The molecule has 1 aromatic carbocycles. The maximum absolute atomic E-state index is 14.5. The first kappa shape index (κ1) is 21.4. The van der Waals surface area contributed by atoms with E-state index in [-0.39, 0.29) is 40.9 Å². The summed E-state index contributed by atoms with van der Waals surface area (Å²) in [4.78, 5) is 30.7. The molecule has 7 nitrogen and oxygen atoms in total. The van der Waals surface area contributed by atoms with Crippen LogP contribution in [0.15, 0.2) is 23.0 Å². The van der Waals surface area contributed by atoms with Gasteiger partial charge in [-0.3, -0.25) is 4.79 Å². The number of nitrogens with zero attached hydrogens (tertiary/aromatic N) is 2. The topological polar surface area (TPSA) is 107 Å². The molecule has 0 bridgehead atoms. The third kappa shape index (κ3) is 2.78. The molecule has 6 rings (SSSR count). The van der Waals surface area contributed by atoms with Crippen molar-refractivity contribution in [2.75, 3.05) is 6.54 Å². The first-order chi connectivity index (χ1) is 16.2. The molecule has 3 aromatic rings. The Kier molecular flexibility index (Phi) is 4.39. The number of aliphatic hydroxyl groups is 1. The van der Waals surface area contributed by atoms with E-state index in [1.807, 2.05) is 6.07 Å². The number of hydrogen-bond acceptors (Lipinski definition) is 6. The van der Waals surface area contributed by atoms with Crippen molar-refractivity contribution in [2.45, 2.75) is 58.3 Å². The summed E-state index contributed by atoms with van der Waals surface area (Å²) in [6.45, 7) is 4.12. The summed E-state index contributed by atoms with van der Waals surface area (Å²) in [5.74, 6) is -1.09. The number of carbonyl (C=O) groups is 1. The van der Waals surface area contributed by atoms with E-state index < -0.39 is 11.6 Å². The van der Waals surface area contributed by atoms with Gasteiger partial charge >= 0.3 is 5.97 Å². The number of pyridine rings is 2. The number of halogens is 1. The van der Waals surface area contributed by atoms with Crippen LogP contribution >= 0.6 is 0 Å². The average molecular weight is 464 g/mol. The summed E-state index contributed by atoms with van der Waals surface area (Å²) < 4.78 is 21.3. The molecule has 176 valence electrons. The zero-order valence-corrected chi connectivity index (χ0v) is 19.2. The molecule has 0 saturated heterocycles. The quantitative estimate of drug-likeness (QED) is 0.451. The Morgan fingerprint density at radius 3 is 2.68 bits per heavy atom. The number of carbonyl (C=O) groups excluding carboxylic acids is 1. The minimum Gasteiger partial charge on any atom is -0.458 e. The van der Waals surface area contributed by atoms with Crippen LogP contribution in [0.25, 0.3) is 22.3 Å². The van der Waals surface area contributed by atoms with E-state index in [4.69, 9.17) is 15.5 Å². The highest BCUT2D eigenvalue weighted by atomic mass is 19.1. The number of ether oxygens (including phenoxy) is 1. The maximum Gasteiger partial charge on any atom is 0.343 e. The van der Waals surface area contributed by atoms with E-state index in [0.29, 0.717) is 35.6 Å². The van der Waals surface area contributed by atoms with E-state index in [2.05, 4.69) is 0 Å². The second kappa shape index (κ2) is 6.96. The van der Waals surface area contributed by atoms with Gasteiger partial charge in [-0.15, -0.1) is 0 Å². The van der Waals surface area contributed by atoms with Gasteiger partial charge in [-0.1, -0.05) is 6.92 Å². The van der Waals surface area contributed by atoms with Crippen LogP contribution in [0, 0.1) is 18.2 Å². The summed E-state index contributed by atoms with van der Waals surface area (Å²) in [6.07, 6.45) is 2.88. The van der Waals surface area contributed by atoms with Crippen LogP contribution < -0.4 is 11.3 Å². The van der Waals surface area contributed by atoms with Gasteiger partial charge in [-0.2, -0.15) is 0 Å². The Labute approximate surface area is 195 Å². The molecule has 0 amide bonds. The van der Waals surface area contributed by atoms with E-state index in [1.165, 1.54) is 6.07 Å². The number of benzene rings is 1. The zero-order valence-electron chi connectivity index (χ0n) is 19.2. The number of cyclic esters (lactones) is 1. The Balaban J connectivity index is 1.64. The van der Waals surface area contributed by atoms with Gasteiger partial charge in [0.25, 0.3) is 5.56 Å². The maximum atomic E-state index is 14.5. The van der Waals surface area contributed by atoms with Crippen LogP contribution in [0.3, 0.4) is 0 Å². The zero-order chi connectivity index (χ0) is 24.0. The lowest BCUT2D eigenvalue weighted by atomic mass is 9.85. The van der Waals surface area contributed by atoms with Gasteiger partial charge in [0.15, 0.2) is 5.60 Å². The number of aromatic nitrogens is 2. The largest absolute Gasteiger partial charge is 0.458 e. The van der Waals surface area contributed by atoms with Crippen molar-refractivity contribution in [1.82, 2.24) is 9.55 Å². The highest BCUT2D eigenvalue weighted by Gasteiger charge is 2.46. The monoisotopic (exact) mass is 463 g/mol. The molecule has 4 heterocycles. The highest BCUT2D eigenvalue weighted by molar-refractivity contribution is 5.89. The van der Waals surface area contributed by atoms with Crippen LogP contribution in [-0.2, 0) is 34.7 Å². The summed E-state index contributed by atoms with van der Waals surface area (Å²) >= 11 is 0. The van der Waals surface area contributed by atoms with Crippen molar-refractivity contribution in [3.05, 3.63) is 62.2 Å². The van der Waals surface area contributed by atoms with Gasteiger partial charge in [0.2, 0.25) is 0 Å². The molecule has 0 unspecified atom stereocenters. The summed E-state index contributed by atoms with van der Waals surface area (Å²) in [5.41, 5.74) is 8.65. The molecular formula is C26H26FN3O4. The molecule has 0 spiro atoms. The van der Waals surface area contributed by atoms with E-state index in [9.17, 15) is 19.1 Å². The molecule has 1 aliphatic carbocycles. The molecule has 1 fully saturated rings. The molecule has 1 atom stereocenters. The number of rotatable bonds is 4. The average Bonchev–Trinajstić information content (AvgIpc) is 3.51. The molecule has 2 aliphatic heterocycles. The van der Waals surface area contributed by atoms with Crippen LogP contribution in [0.2, 0.25) is 0 Å². The van der Waals surface area contributed by atoms with Crippen molar-refractivity contribution in [1.29, 1.82) is 0 Å². The Bertz CT molecular complexity index is 1470. The summed E-state index contributed by atoms with van der Waals surface area (Å²) in [5, 5.41) is 12.0. The highest BCUT2D eigenvalue weighted by Crippen LogP contribution is 2.50. The summed E-state index contributed by atoms with van der Waals surface area (Å²) in [6, 6.07) is 4.96. The number of aryl methyl sites for hydroxylation is 1. The first-order valence-electron chi connectivity index (χ1n) is 11.7. The van der Waals surface area contributed by atoms with Crippen molar-refractivity contribution in [3.8, 4) is 11.4 Å². The minimum absolute atomic E-state index is 0.0199. The van der Waals surface area contributed by atoms with Gasteiger partial charge in [0.05, 0.1) is 29.0 Å². The fourth-order valence-corrected chi connectivity index (χ4v) is 5.50. The third-order valence-electron chi connectivity index (χ3n) is 8.03. The van der Waals surface area contributed by atoms with Crippen LogP contribution in [0.1, 0.15) is 54.0 Å². The Morgan fingerprint density at radius 1 is 1.24 bits per heavy atom. The minimum atomic E-state index is -1.88. The van der Waals surface area contributed by atoms with Crippen LogP contribution in [0.5, 0.6) is 0 Å². The first-order valence-corrected chi connectivity index (χ1v) is 11.7. The number of nitrogens with two attached hydrogens (primary N) is 1. The predicted molar refractivity (Wildman–Crippen MR) is 124 cm³/mol. The molecule has 3 N–H and O–H groups in total. The molecule has 8 heteroatoms. The van der Waals surface area contributed by atoms with Crippen molar-refractivity contribution in [3.63, 3.8) is 0 Å². The molecular weight excluding hydrogens is 437 g/mol. The standard InChI is InChI=1S/C26H26FN3O4/c1-3-26(33)18-7-21-22-16(10-30(21)23(31)17(18)11-34-24(26)32)15(9-25(12-28)4-5-25)14-6-13(2)19(27)8-20(14)29-22/h6-8,33H,3-5,9-12,28H2,1-2H3/t26-/m0/s1. The van der Waals surface area contributed by atoms with Gasteiger partial charge < -0.3 is 20.1 Å². The van der Waals surface area contributed by atoms with E-state index >= 15 is 0 Å². The molecule has 34 heavy (non-hydrogen) atoms. The smallest absolute Gasteiger partial charge is 0.343 e. The van der Waals surface area contributed by atoms with E-state index in [1.54, 1.807) is 24.5 Å². The van der Waals surface area contributed by atoms with Gasteiger partial charge in [0, 0.05) is 22.6 Å². The third-order valence-corrected chi connectivity index (χ3v) is 8.03. The van der Waals surface area contributed by atoms with Gasteiger partial charge in [-0.05, 0) is 67.8 Å². The SMILES string of the molecule is CC[C@@]1(O)C(=O)OCc2c1cc1n(c2=O)Cc2c-1nc1cc(F)c(C)cc1c2CC1(CN)CC1. The Morgan fingerprint density at radius 2 is 2.00 bits per heavy atom. The fourth-order valence-electron chi connectivity index (χ4n) is 5.50. The predicted octanol–water partition coefficient (Wildman–Crippen LogP) is 2.81. The second-order valence-electron chi connectivity index (χ2n) is 10.0. The molecule has 0 radical (unpaired) electrons. The lowest BCUT2D eigenvalue weighted by molar-refractivity contribution is -0.172. The molecule has 3 aliphatic rings. The second-order valence-corrected chi connectivity index (χ2v) is 10.0. The summed E-state index contributed by atoms with van der Waals surface area (Å²) in [7, 11) is 0. The number of hydrogen-bond donors (Lipinski definition) is 2. The lowest BCUT2D eigenvalue weighted by Crippen LogP contribution is -2.44. The normalized spacial score (nSPS) is 21.7. The van der Waals surface area contributed by atoms with Crippen molar-refractivity contribution < 1.29 is 19.0 Å². The van der Waals surface area contributed by atoms with Crippen LogP contribution in [-0.4, -0.2) is 27.2 Å². The van der Waals surface area contributed by atoms with Crippen molar-refractivity contribution in [2.24, 2.45) is 11.1 Å². The van der Waals surface area contributed by atoms with Crippen LogP contribution in [0.4, 0.5) is 4.39 Å². The lowest BCUT2D eigenvalue weighted by Gasteiger charge is -2.31. The van der Waals surface area contributed by atoms with Gasteiger partial charge in [-0.25, -0.2) is 14.2 Å². The van der Waals surface area contributed by atoms with E-state index in [0.717, 1.165) is 35.8 Å². The number of fused-ring (bicyclic) bond motifs is 5. The Hall–Kier alpha value is -3.10. The molecule has 2 aromatic heterocycles. The van der Waals surface area contributed by atoms with Crippen molar-refractivity contribution >= 4 is 16.9 Å². The van der Waals surface area contributed by atoms with Gasteiger partial charge in [0.1, 0.15) is 12.4 Å². The molecule has 1 saturated carbocycles. The number of esters is 1. The fraction of sp³-hybridized carbons (Fsp3) is 0.423.